The second kappa shape index (κ2) is 12.9. The molecule has 2 bridgehead atoms. The van der Waals surface area contributed by atoms with Gasteiger partial charge in [0.1, 0.15) is 0 Å². The lowest BCUT2D eigenvalue weighted by molar-refractivity contribution is 0.0526. The Balaban J connectivity index is 1.34. The molecule has 1 fully saturated rings. The van der Waals surface area contributed by atoms with E-state index in [0.29, 0.717) is 12.1 Å². The number of unbranched alkanes of at least 4 members (excludes halogenated alkanes) is 12. The van der Waals surface area contributed by atoms with Crippen LogP contribution in [-0.4, -0.2) is 25.3 Å². The fourth-order valence-corrected chi connectivity index (χ4v) is 4.17. The Hall–Kier alpha value is -0.340. The lowest BCUT2D eigenvalue weighted by Gasteiger charge is -2.35. The van der Waals surface area contributed by atoms with Crippen LogP contribution < -0.4 is 5.32 Å². The Morgan fingerprint density at radius 1 is 0.833 bits per heavy atom. The average Bonchev–Trinajstić information content (AvgIpc) is 2.59. The first-order chi connectivity index (χ1) is 11.9. The van der Waals surface area contributed by atoms with Crippen LogP contribution in [0.1, 0.15) is 103 Å². The fourth-order valence-electron chi connectivity index (χ4n) is 4.17. The molecule has 2 heterocycles. The van der Waals surface area contributed by atoms with E-state index in [1.807, 2.05) is 0 Å². The Kier molecular flexibility index (Phi) is 10.8. The first-order valence-corrected chi connectivity index (χ1v) is 10.9. The van der Waals surface area contributed by atoms with E-state index in [9.17, 15) is 0 Å². The van der Waals surface area contributed by atoms with Crippen molar-refractivity contribution in [1.82, 2.24) is 5.32 Å². The fraction of sp³-hybridized carbons (Fsp3) is 0.909. The van der Waals surface area contributed by atoms with Crippen LogP contribution in [0.5, 0.6) is 0 Å². The van der Waals surface area contributed by atoms with Crippen LogP contribution in [0.2, 0.25) is 0 Å². The van der Waals surface area contributed by atoms with Crippen LogP contribution in [0.4, 0.5) is 0 Å². The predicted molar refractivity (Wildman–Crippen MR) is 105 cm³/mol. The van der Waals surface area contributed by atoms with Crippen molar-refractivity contribution in [3.8, 4) is 0 Å². The van der Waals surface area contributed by atoms with E-state index in [4.69, 9.17) is 4.74 Å². The molecule has 140 valence electrons. The summed E-state index contributed by atoms with van der Waals surface area (Å²) < 4.78 is 5.60. The number of nitrogens with one attached hydrogen (secondary N) is 1. The molecule has 2 rings (SSSR count). The number of rotatable bonds is 14. The molecule has 0 aliphatic carbocycles. The van der Waals surface area contributed by atoms with Gasteiger partial charge in [-0.25, -0.2) is 0 Å². The molecule has 24 heavy (non-hydrogen) atoms. The van der Waals surface area contributed by atoms with Gasteiger partial charge in [-0.15, -0.1) is 0 Å². The lowest BCUT2D eigenvalue weighted by Crippen LogP contribution is -2.50. The van der Waals surface area contributed by atoms with Crippen molar-refractivity contribution in [2.75, 3.05) is 13.2 Å². The molecule has 0 aromatic carbocycles. The second-order valence-electron chi connectivity index (χ2n) is 8.03. The van der Waals surface area contributed by atoms with Crippen LogP contribution in [0.3, 0.4) is 0 Å². The van der Waals surface area contributed by atoms with Gasteiger partial charge in [0.25, 0.3) is 0 Å². The summed E-state index contributed by atoms with van der Waals surface area (Å²) >= 11 is 0. The van der Waals surface area contributed by atoms with Crippen LogP contribution in [0.25, 0.3) is 0 Å². The van der Waals surface area contributed by atoms with E-state index in [1.165, 1.54) is 96.3 Å². The summed E-state index contributed by atoms with van der Waals surface area (Å²) in [5.74, 6) is 0. The van der Waals surface area contributed by atoms with Crippen LogP contribution in [0, 0.1) is 0 Å². The van der Waals surface area contributed by atoms with E-state index in [0.717, 1.165) is 13.2 Å². The molecule has 2 aliphatic rings. The zero-order chi connectivity index (χ0) is 16.9. The lowest BCUT2D eigenvalue weighted by atomic mass is 9.93. The SMILES string of the molecule is CCCCCCCCCCCCCCCC1=CC2COCC(C1)N2. The van der Waals surface area contributed by atoms with Gasteiger partial charge in [0.15, 0.2) is 0 Å². The van der Waals surface area contributed by atoms with Gasteiger partial charge in [0, 0.05) is 12.1 Å². The highest BCUT2D eigenvalue weighted by atomic mass is 16.5. The first-order valence-electron chi connectivity index (χ1n) is 10.9. The minimum Gasteiger partial charge on any atom is -0.378 e. The number of hydrogen-bond acceptors (Lipinski definition) is 2. The number of ether oxygens (including phenoxy) is 1. The van der Waals surface area contributed by atoms with E-state index in [-0.39, 0.29) is 0 Å². The third-order valence-corrected chi connectivity index (χ3v) is 5.61. The molecule has 0 aromatic heterocycles. The molecular weight excluding hydrogens is 294 g/mol. The van der Waals surface area contributed by atoms with Crippen molar-refractivity contribution in [2.24, 2.45) is 0 Å². The molecule has 0 saturated carbocycles. The maximum absolute atomic E-state index is 5.60. The topological polar surface area (TPSA) is 21.3 Å². The maximum Gasteiger partial charge on any atom is 0.0656 e. The summed E-state index contributed by atoms with van der Waals surface area (Å²) in [6.45, 7) is 4.08. The van der Waals surface area contributed by atoms with Gasteiger partial charge in [0.05, 0.1) is 13.2 Å². The first kappa shape index (κ1) is 20.0. The summed E-state index contributed by atoms with van der Waals surface area (Å²) in [6.07, 6.45) is 23.8. The molecule has 2 aliphatic heterocycles. The van der Waals surface area contributed by atoms with E-state index >= 15 is 0 Å². The third-order valence-electron chi connectivity index (χ3n) is 5.61. The predicted octanol–water partition coefficient (Wildman–Crippen LogP) is 6.15. The monoisotopic (exact) mass is 335 g/mol. The van der Waals surface area contributed by atoms with E-state index in [1.54, 1.807) is 5.57 Å². The number of fused-ring (bicyclic) bond motifs is 2. The largest absolute Gasteiger partial charge is 0.378 e. The van der Waals surface area contributed by atoms with Crippen molar-refractivity contribution in [1.29, 1.82) is 0 Å². The van der Waals surface area contributed by atoms with Gasteiger partial charge in [0.2, 0.25) is 0 Å². The van der Waals surface area contributed by atoms with Gasteiger partial charge >= 0.3 is 0 Å². The van der Waals surface area contributed by atoms with Crippen molar-refractivity contribution < 1.29 is 4.74 Å². The zero-order valence-corrected chi connectivity index (χ0v) is 16.2. The van der Waals surface area contributed by atoms with Crippen molar-refractivity contribution in [3.05, 3.63) is 11.6 Å². The molecule has 2 unspecified atom stereocenters. The quantitative estimate of drug-likeness (QED) is 0.303. The molecule has 0 spiro atoms. The summed E-state index contributed by atoms with van der Waals surface area (Å²) in [6, 6.07) is 1.08. The highest BCUT2D eigenvalue weighted by Gasteiger charge is 2.25. The minimum absolute atomic E-state index is 0.495. The van der Waals surface area contributed by atoms with E-state index < -0.39 is 0 Å². The molecule has 2 heteroatoms. The molecular formula is C22H41NO. The smallest absolute Gasteiger partial charge is 0.0656 e. The van der Waals surface area contributed by atoms with Crippen molar-refractivity contribution in [3.63, 3.8) is 0 Å². The molecule has 2 atom stereocenters. The minimum atomic E-state index is 0.495. The van der Waals surface area contributed by atoms with Crippen molar-refractivity contribution in [2.45, 2.75) is 115 Å². The van der Waals surface area contributed by atoms with Crippen LogP contribution >= 0.6 is 0 Å². The maximum atomic E-state index is 5.60. The zero-order valence-electron chi connectivity index (χ0n) is 16.2. The third kappa shape index (κ3) is 8.67. The van der Waals surface area contributed by atoms with E-state index in [2.05, 4.69) is 18.3 Å². The highest BCUT2D eigenvalue weighted by Crippen LogP contribution is 2.23. The Morgan fingerprint density at radius 2 is 1.42 bits per heavy atom. The molecule has 0 amide bonds. The van der Waals surface area contributed by atoms with Gasteiger partial charge in [-0.3, -0.25) is 0 Å². The molecule has 2 nitrogen and oxygen atoms in total. The Labute approximate surface area is 150 Å². The van der Waals surface area contributed by atoms with Crippen LogP contribution in [-0.2, 0) is 4.74 Å². The summed E-state index contributed by atoms with van der Waals surface area (Å²) in [5, 5.41) is 3.63. The second-order valence-corrected chi connectivity index (χ2v) is 8.03. The van der Waals surface area contributed by atoms with Gasteiger partial charge in [-0.2, -0.15) is 0 Å². The number of morpholine rings is 1. The summed E-state index contributed by atoms with van der Waals surface area (Å²) in [4.78, 5) is 0. The van der Waals surface area contributed by atoms with Gasteiger partial charge < -0.3 is 10.1 Å². The Bertz CT molecular complexity index is 339. The molecule has 0 radical (unpaired) electrons. The average molecular weight is 336 g/mol. The summed E-state index contributed by atoms with van der Waals surface area (Å²) in [7, 11) is 0. The molecule has 1 saturated heterocycles. The molecule has 0 aromatic rings. The standard InChI is InChI=1S/C22H41NO/c1-2-3-4-5-6-7-8-9-10-11-12-13-14-15-20-16-21-18-24-19-22(17-20)23-21/h16,21-23H,2-15,17-19H2,1H3. The summed E-state index contributed by atoms with van der Waals surface area (Å²) in [5.41, 5.74) is 1.69. The van der Waals surface area contributed by atoms with Gasteiger partial charge in [-0.05, 0) is 19.3 Å². The normalized spacial score (nSPS) is 23.3. The Morgan fingerprint density at radius 3 is 2.00 bits per heavy atom. The highest BCUT2D eigenvalue weighted by molar-refractivity contribution is 5.15. The van der Waals surface area contributed by atoms with Crippen LogP contribution in [0.15, 0.2) is 11.6 Å². The molecule has 1 N–H and O–H groups in total. The number of hydrogen-bond donors (Lipinski definition) is 1. The van der Waals surface area contributed by atoms with Gasteiger partial charge in [-0.1, -0.05) is 95.6 Å². The van der Waals surface area contributed by atoms with Crippen molar-refractivity contribution >= 4 is 0 Å².